The predicted molar refractivity (Wildman–Crippen MR) is 87.4 cm³/mol. The maximum atomic E-state index is 3.41. The van der Waals surface area contributed by atoms with Gasteiger partial charge in [0.15, 0.2) is 0 Å². The molecule has 0 amide bonds. The minimum atomic E-state index is 0.335. The Kier molecular flexibility index (Phi) is 4.80. The average molecular weight is 268 g/mol. The SMILES string of the molecule is CNC(CN(C)c1ccc(C)cc1)c1ccc(C)cc1. The highest BCUT2D eigenvalue weighted by Crippen LogP contribution is 2.19. The van der Waals surface area contributed by atoms with Crippen LogP contribution in [0, 0.1) is 13.8 Å². The van der Waals surface area contributed by atoms with Gasteiger partial charge in [0, 0.05) is 25.3 Å². The normalized spacial score (nSPS) is 12.2. The Morgan fingerprint density at radius 3 is 1.90 bits per heavy atom. The van der Waals surface area contributed by atoms with E-state index in [4.69, 9.17) is 0 Å². The molecule has 0 radical (unpaired) electrons. The molecular formula is C18H24N2. The first-order valence-electron chi connectivity index (χ1n) is 7.12. The highest BCUT2D eigenvalue weighted by molar-refractivity contribution is 5.47. The lowest BCUT2D eigenvalue weighted by molar-refractivity contribution is 0.589. The molecule has 1 atom stereocenters. The Morgan fingerprint density at radius 2 is 1.40 bits per heavy atom. The first-order chi connectivity index (χ1) is 9.60. The summed E-state index contributed by atoms with van der Waals surface area (Å²) in [6, 6.07) is 17.8. The van der Waals surface area contributed by atoms with Crippen LogP contribution in [-0.2, 0) is 0 Å². The molecule has 0 aliphatic carbocycles. The van der Waals surface area contributed by atoms with Crippen molar-refractivity contribution in [2.75, 3.05) is 25.5 Å². The fraction of sp³-hybridized carbons (Fsp3) is 0.333. The summed E-state index contributed by atoms with van der Waals surface area (Å²) < 4.78 is 0. The van der Waals surface area contributed by atoms with Crippen molar-refractivity contribution in [1.82, 2.24) is 5.32 Å². The maximum Gasteiger partial charge on any atom is 0.0495 e. The zero-order chi connectivity index (χ0) is 14.5. The second-order valence-electron chi connectivity index (χ2n) is 5.47. The highest BCUT2D eigenvalue weighted by atomic mass is 15.1. The van der Waals surface area contributed by atoms with Gasteiger partial charge in [-0.05, 0) is 38.6 Å². The third kappa shape index (κ3) is 3.61. The minimum absolute atomic E-state index is 0.335. The van der Waals surface area contributed by atoms with Gasteiger partial charge < -0.3 is 10.2 Å². The zero-order valence-electron chi connectivity index (χ0n) is 12.9. The molecule has 2 nitrogen and oxygen atoms in total. The second-order valence-corrected chi connectivity index (χ2v) is 5.47. The molecule has 2 heteroatoms. The quantitative estimate of drug-likeness (QED) is 0.889. The van der Waals surface area contributed by atoms with Crippen molar-refractivity contribution in [3.05, 3.63) is 65.2 Å². The van der Waals surface area contributed by atoms with E-state index in [2.05, 4.69) is 79.6 Å². The molecule has 0 fully saturated rings. The lowest BCUT2D eigenvalue weighted by atomic mass is 10.0. The first-order valence-corrected chi connectivity index (χ1v) is 7.12. The van der Waals surface area contributed by atoms with Crippen LogP contribution in [0.4, 0.5) is 5.69 Å². The summed E-state index contributed by atoms with van der Waals surface area (Å²) in [6.07, 6.45) is 0. The summed E-state index contributed by atoms with van der Waals surface area (Å²) in [4.78, 5) is 2.29. The number of nitrogens with one attached hydrogen (secondary N) is 1. The van der Waals surface area contributed by atoms with Crippen molar-refractivity contribution in [2.24, 2.45) is 0 Å². The number of likely N-dealkylation sites (N-methyl/N-ethyl adjacent to an activating group) is 2. The summed E-state index contributed by atoms with van der Waals surface area (Å²) in [7, 11) is 4.16. The smallest absolute Gasteiger partial charge is 0.0495 e. The average Bonchev–Trinajstić information content (AvgIpc) is 2.46. The van der Waals surface area contributed by atoms with Gasteiger partial charge in [-0.3, -0.25) is 0 Å². The standard InChI is InChI=1S/C18H24N2/c1-14-5-9-16(10-6-14)18(19-3)13-20(4)17-11-7-15(2)8-12-17/h5-12,18-19H,13H2,1-4H3. The molecule has 0 heterocycles. The molecule has 0 aromatic heterocycles. The Hall–Kier alpha value is -1.80. The van der Waals surface area contributed by atoms with Crippen LogP contribution >= 0.6 is 0 Å². The molecule has 2 rings (SSSR count). The number of hydrogen-bond acceptors (Lipinski definition) is 2. The fourth-order valence-electron chi connectivity index (χ4n) is 2.34. The van der Waals surface area contributed by atoms with Gasteiger partial charge in [-0.15, -0.1) is 0 Å². The fourth-order valence-corrected chi connectivity index (χ4v) is 2.34. The summed E-state index contributed by atoms with van der Waals surface area (Å²) in [5.41, 5.74) is 5.18. The zero-order valence-corrected chi connectivity index (χ0v) is 12.9. The van der Waals surface area contributed by atoms with Gasteiger partial charge in [0.2, 0.25) is 0 Å². The van der Waals surface area contributed by atoms with E-state index in [1.807, 2.05) is 7.05 Å². The van der Waals surface area contributed by atoms with Gasteiger partial charge in [0.1, 0.15) is 0 Å². The van der Waals surface area contributed by atoms with Crippen LogP contribution in [0.15, 0.2) is 48.5 Å². The Bertz CT molecular complexity index is 528. The number of benzene rings is 2. The molecule has 2 aromatic carbocycles. The van der Waals surface area contributed by atoms with Crippen molar-refractivity contribution < 1.29 is 0 Å². The van der Waals surface area contributed by atoms with Crippen LogP contribution < -0.4 is 10.2 Å². The summed E-state index contributed by atoms with van der Waals surface area (Å²) >= 11 is 0. The molecule has 20 heavy (non-hydrogen) atoms. The molecule has 0 aliphatic rings. The van der Waals surface area contributed by atoms with Crippen LogP contribution in [0.3, 0.4) is 0 Å². The molecule has 1 unspecified atom stereocenters. The van der Waals surface area contributed by atoms with Gasteiger partial charge in [-0.2, -0.15) is 0 Å². The third-order valence-corrected chi connectivity index (χ3v) is 3.76. The first kappa shape index (κ1) is 14.6. The van der Waals surface area contributed by atoms with Crippen molar-refractivity contribution in [2.45, 2.75) is 19.9 Å². The highest BCUT2D eigenvalue weighted by Gasteiger charge is 2.12. The van der Waals surface area contributed by atoms with Crippen LogP contribution in [-0.4, -0.2) is 20.6 Å². The Morgan fingerprint density at radius 1 is 0.900 bits per heavy atom. The van der Waals surface area contributed by atoms with Crippen LogP contribution in [0.2, 0.25) is 0 Å². The molecule has 1 N–H and O–H groups in total. The molecule has 0 aliphatic heterocycles. The van der Waals surface area contributed by atoms with Crippen molar-refractivity contribution in [3.8, 4) is 0 Å². The molecule has 106 valence electrons. The van der Waals surface area contributed by atoms with Crippen molar-refractivity contribution >= 4 is 5.69 Å². The van der Waals surface area contributed by atoms with Crippen LogP contribution in [0.25, 0.3) is 0 Å². The molecule has 0 spiro atoms. The van der Waals surface area contributed by atoms with E-state index in [1.54, 1.807) is 0 Å². The summed E-state index contributed by atoms with van der Waals surface area (Å²) in [6.45, 7) is 5.19. The predicted octanol–water partition coefficient (Wildman–Crippen LogP) is 3.70. The number of anilines is 1. The Labute approximate surface area is 122 Å². The van der Waals surface area contributed by atoms with Gasteiger partial charge in [0.05, 0.1) is 0 Å². The van der Waals surface area contributed by atoms with Crippen LogP contribution in [0.5, 0.6) is 0 Å². The topological polar surface area (TPSA) is 15.3 Å². The van der Waals surface area contributed by atoms with Gasteiger partial charge in [0.25, 0.3) is 0 Å². The number of hydrogen-bond donors (Lipinski definition) is 1. The number of nitrogens with zero attached hydrogens (tertiary/aromatic N) is 1. The summed E-state index contributed by atoms with van der Waals surface area (Å²) in [5, 5.41) is 3.41. The van der Waals surface area contributed by atoms with Crippen molar-refractivity contribution in [1.29, 1.82) is 0 Å². The lowest BCUT2D eigenvalue weighted by Crippen LogP contribution is -2.31. The van der Waals surface area contributed by atoms with E-state index in [-0.39, 0.29) is 0 Å². The Balaban J connectivity index is 2.09. The summed E-state index contributed by atoms with van der Waals surface area (Å²) in [5.74, 6) is 0. The largest absolute Gasteiger partial charge is 0.373 e. The molecular weight excluding hydrogens is 244 g/mol. The molecule has 2 aromatic rings. The maximum absolute atomic E-state index is 3.41. The number of rotatable bonds is 5. The van der Waals surface area contributed by atoms with Gasteiger partial charge in [-0.1, -0.05) is 47.5 Å². The van der Waals surface area contributed by atoms with Crippen molar-refractivity contribution in [3.63, 3.8) is 0 Å². The van der Waals surface area contributed by atoms with Gasteiger partial charge >= 0.3 is 0 Å². The van der Waals surface area contributed by atoms with E-state index in [1.165, 1.54) is 22.4 Å². The minimum Gasteiger partial charge on any atom is -0.373 e. The molecule has 0 bridgehead atoms. The molecule has 0 saturated heterocycles. The number of aryl methyl sites for hydroxylation is 2. The van der Waals surface area contributed by atoms with E-state index < -0.39 is 0 Å². The monoisotopic (exact) mass is 268 g/mol. The van der Waals surface area contributed by atoms with E-state index >= 15 is 0 Å². The van der Waals surface area contributed by atoms with E-state index in [0.717, 1.165) is 6.54 Å². The third-order valence-electron chi connectivity index (χ3n) is 3.76. The van der Waals surface area contributed by atoms with Crippen LogP contribution in [0.1, 0.15) is 22.7 Å². The lowest BCUT2D eigenvalue weighted by Gasteiger charge is -2.26. The van der Waals surface area contributed by atoms with E-state index in [0.29, 0.717) is 6.04 Å². The molecule has 0 saturated carbocycles. The van der Waals surface area contributed by atoms with E-state index in [9.17, 15) is 0 Å². The second kappa shape index (κ2) is 6.58. The van der Waals surface area contributed by atoms with Gasteiger partial charge in [-0.25, -0.2) is 0 Å².